The topological polar surface area (TPSA) is 64.7 Å². The van der Waals surface area contributed by atoms with Gasteiger partial charge in [-0.05, 0) is 52.3 Å². The Morgan fingerprint density at radius 1 is 1.07 bits per heavy atom. The van der Waals surface area contributed by atoms with Gasteiger partial charge in [-0.3, -0.25) is 9.48 Å². The highest BCUT2D eigenvalue weighted by Gasteiger charge is 2.15. The molecule has 0 aliphatic rings. The molecular weight excluding hydrogens is 338 g/mol. The summed E-state index contributed by atoms with van der Waals surface area (Å²) in [5.74, 6) is 0.0298. The van der Waals surface area contributed by atoms with Crippen LogP contribution < -0.4 is 5.32 Å². The van der Waals surface area contributed by atoms with Crippen molar-refractivity contribution in [2.24, 2.45) is 0 Å². The molecule has 0 fully saturated rings. The first-order valence-corrected chi connectivity index (χ1v) is 9.34. The summed E-state index contributed by atoms with van der Waals surface area (Å²) in [5.41, 5.74) is 6.09. The van der Waals surface area contributed by atoms with Gasteiger partial charge < -0.3 is 5.32 Å². The number of rotatable bonds is 7. The largest absolute Gasteiger partial charge is 0.356 e. The third kappa shape index (κ3) is 4.45. The van der Waals surface area contributed by atoms with Gasteiger partial charge in [0.25, 0.3) is 0 Å². The van der Waals surface area contributed by atoms with Gasteiger partial charge in [-0.25, -0.2) is 4.68 Å². The van der Waals surface area contributed by atoms with Crippen molar-refractivity contribution in [3.63, 3.8) is 0 Å². The van der Waals surface area contributed by atoms with Crippen LogP contribution in [-0.2, 0) is 17.8 Å². The van der Waals surface area contributed by atoms with E-state index in [1.54, 1.807) is 0 Å². The van der Waals surface area contributed by atoms with Crippen molar-refractivity contribution in [2.45, 2.75) is 47.1 Å². The average Bonchev–Trinajstić information content (AvgIpc) is 3.12. The quantitative estimate of drug-likeness (QED) is 0.655. The third-order valence-corrected chi connectivity index (χ3v) is 4.75. The van der Waals surface area contributed by atoms with Crippen LogP contribution in [-0.4, -0.2) is 32.0 Å². The second kappa shape index (κ2) is 8.20. The minimum absolute atomic E-state index is 0.0298. The predicted molar refractivity (Wildman–Crippen MR) is 106 cm³/mol. The van der Waals surface area contributed by atoms with E-state index in [9.17, 15) is 4.79 Å². The number of nitrogens with one attached hydrogen (secondary N) is 1. The summed E-state index contributed by atoms with van der Waals surface area (Å²) in [6.45, 7) is 9.46. The van der Waals surface area contributed by atoms with Gasteiger partial charge in [0.15, 0.2) is 0 Å². The van der Waals surface area contributed by atoms with Crippen molar-refractivity contribution in [3.8, 4) is 5.69 Å². The number of hydrogen-bond donors (Lipinski definition) is 1. The molecule has 0 saturated heterocycles. The van der Waals surface area contributed by atoms with Crippen LogP contribution in [0.5, 0.6) is 0 Å². The zero-order chi connectivity index (χ0) is 19.4. The van der Waals surface area contributed by atoms with Crippen molar-refractivity contribution >= 4 is 5.91 Å². The molecule has 0 atom stereocenters. The number of para-hydroxylation sites is 1. The molecular formula is C21H27N5O. The van der Waals surface area contributed by atoms with Gasteiger partial charge in [-0.15, -0.1) is 0 Å². The smallest absolute Gasteiger partial charge is 0.224 e. The van der Waals surface area contributed by atoms with Crippen molar-refractivity contribution in [2.75, 3.05) is 6.54 Å². The summed E-state index contributed by atoms with van der Waals surface area (Å²) in [6, 6.07) is 12.1. The number of hydrogen-bond acceptors (Lipinski definition) is 3. The molecule has 27 heavy (non-hydrogen) atoms. The number of aryl methyl sites for hydroxylation is 4. The fraction of sp³-hybridized carbons (Fsp3) is 0.381. The highest BCUT2D eigenvalue weighted by Crippen LogP contribution is 2.18. The zero-order valence-electron chi connectivity index (χ0n) is 16.5. The molecule has 6 heteroatoms. The molecule has 2 aromatic heterocycles. The maximum atomic E-state index is 12.4. The fourth-order valence-electron chi connectivity index (χ4n) is 3.33. The van der Waals surface area contributed by atoms with E-state index in [0.29, 0.717) is 13.0 Å². The first-order valence-electron chi connectivity index (χ1n) is 9.34. The molecule has 1 aromatic carbocycles. The van der Waals surface area contributed by atoms with Gasteiger partial charge in [-0.1, -0.05) is 18.2 Å². The summed E-state index contributed by atoms with van der Waals surface area (Å²) in [7, 11) is 0. The lowest BCUT2D eigenvalue weighted by Crippen LogP contribution is -2.27. The van der Waals surface area contributed by atoms with Crippen molar-refractivity contribution in [1.29, 1.82) is 0 Å². The van der Waals surface area contributed by atoms with E-state index in [-0.39, 0.29) is 5.91 Å². The number of carbonyl (C=O) groups excluding carboxylic acids is 1. The van der Waals surface area contributed by atoms with E-state index in [1.807, 2.05) is 60.5 Å². The van der Waals surface area contributed by atoms with Gasteiger partial charge in [0.05, 0.1) is 23.5 Å². The van der Waals surface area contributed by atoms with E-state index in [4.69, 9.17) is 0 Å². The van der Waals surface area contributed by atoms with Crippen LogP contribution in [0, 0.1) is 27.7 Å². The molecule has 0 unspecified atom stereocenters. The summed E-state index contributed by atoms with van der Waals surface area (Å²) < 4.78 is 3.89. The van der Waals surface area contributed by atoms with E-state index in [0.717, 1.165) is 47.0 Å². The first-order chi connectivity index (χ1) is 13.0. The van der Waals surface area contributed by atoms with Crippen LogP contribution in [0.2, 0.25) is 0 Å². The zero-order valence-corrected chi connectivity index (χ0v) is 16.5. The highest BCUT2D eigenvalue weighted by atomic mass is 16.1. The normalized spacial score (nSPS) is 11.0. The Balaban J connectivity index is 1.55. The van der Waals surface area contributed by atoms with E-state index in [2.05, 4.69) is 28.5 Å². The van der Waals surface area contributed by atoms with Gasteiger partial charge >= 0.3 is 0 Å². The molecule has 0 spiro atoms. The minimum Gasteiger partial charge on any atom is -0.356 e. The van der Waals surface area contributed by atoms with Crippen molar-refractivity contribution in [1.82, 2.24) is 24.9 Å². The second-order valence-electron chi connectivity index (χ2n) is 6.93. The van der Waals surface area contributed by atoms with Crippen LogP contribution in [0.4, 0.5) is 0 Å². The lowest BCUT2D eigenvalue weighted by atomic mass is 10.1. The van der Waals surface area contributed by atoms with Crippen LogP contribution in [0.15, 0.2) is 36.4 Å². The molecule has 3 rings (SSSR count). The SMILES string of the molecule is Cc1cc(C)n(CCCNC(=O)Cc2c(C)nn(-c3ccccc3)c2C)n1. The lowest BCUT2D eigenvalue weighted by molar-refractivity contribution is -0.120. The molecule has 0 aliphatic heterocycles. The molecule has 0 saturated carbocycles. The number of amides is 1. The fourth-order valence-corrected chi connectivity index (χ4v) is 3.33. The lowest BCUT2D eigenvalue weighted by Gasteiger charge is -2.08. The van der Waals surface area contributed by atoms with Gasteiger partial charge in [0.2, 0.25) is 5.91 Å². The summed E-state index contributed by atoms with van der Waals surface area (Å²) in [4.78, 5) is 12.4. The van der Waals surface area contributed by atoms with Crippen LogP contribution in [0.3, 0.4) is 0 Å². The van der Waals surface area contributed by atoms with Crippen LogP contribution in [0.25, 0.3) is 5.69 Å². The third-order valence-electron chi connectivity index (χ3n) is 4.75. The number of aromatic nitrogens is 4. The highest BCUT2D eigenvalue weighted by molar-refractivity contribution is 5.79. The van der Waals surface area contributed by atoms with Gasteiger partial charge in [0, 0.05) is 30.0 Å². The molecule has 1 N–H and O–H groups in total. The van der Waals surface area contributed by atoms with E-state index in [1.165, 1.54) is 0 Å². The van der Waals surface area contributed by atoms with Crippen molar-refractivity contribution < 1.29 is 4.79 Å². The molecule has 0 aliphatic carbocycles. The maximum Gasteiger partial charge on any atom is 0.224 e. The Bertz CT molecular complexity index is 924. The number of nitrogens with zero attached hydrogens (tertiary/aromatic N) is 4. The van der Waals surface area contributed by atoms with E-state index >= 15 is 0 Å². The predicted octanol–water partition coefficient (Wildman–Crippen LogP) is 3.05. The molecule has 2 heterocycles. The second-order valence-corrected chi connectivity index (χ2v) is 6.93. The van der Waals surface area contributed by atoms with Gasteiger partial charge in [-0.2, -0.15) is 10.2 Å². The monoisotopic (exact) mass is 365 g/mol. The van der Waals surface area contributed by atoms with Gasteiger partial charge in [0.1, 0.15) is 0 Å². The Kier molecular flexibility index (Phi) is 5.74. The molecule has 1 amide bonds. The van der Waals surface area contributed by atoms with E-state index < -0.39 is 0 Å². The Hall–Kier alpha value is -2.89. The average molecular weight is 365 g/mol. The van der Waals surface area contributed by atoms with Crippen LogP contribution >= 0.6 is 0 Å². The number of benzene rings is 1. The molecule has 3 aromatic rings. The summed E-state index contributed by atoms with van der Waals surface area (Å²) >= 11 is 0. The summed E-state index contributed by atoms with van der Waals surface area (Å²) in [6.07, 6.45) is 1.21. The first kappa shape index (κ1) is 18.9. The minimum atomic E-state index is 0.0298. The Morgan fingerprint density at radius 2 is 1.81 bits per heavy atom. The van der Waals surface area contributed by atoms with Crippen LogP contribution in [0.1, 0.15) is 34.8 Å². The Morgan fingerprint density at radius 3 is 2.48 bits per heavy atom. The summed E-state index contributed by atoms with van der Waals surface area (Å²) in [5, 5.41) is 12.1. The van der Waals surface area contributed by atoms with Crippen molar-refractivity contribution in [3.05, 3.63) is 64.7 Å². The Labute approximate surface area is 160 Å². The molecule has 6 nitrogen and oxygen atoms in total. The molecule has 142 valence electrons. The molecule has 0 radical (unpaired) electrons. The maximum absolute atomic E-state index is 12.4. The number of carbonyl (C=O) groups is 1. The standard InChI is InChI=1S/C21H27N5O/c1-15-13-16(2)25(23-15)12-8-11-22-21(27)14-20-17(3)24-26(18(20)4)19-9-6-5-7-10-19/h5-7,9-10,13H,8,11-12,14H2,1-4H3,(H,22,27). The molecule has 0 bridgehead atoms.